The van der Waals surface area contributed by atoms with Crippen molar-refractivity contribution in [3.63, 3.8) is 0 Å². The van der Waals surface area contributed by atoms with Gasteiger partial charge in [0.2, 0.25) is 5.24 Å². The number of rotatable bonds is 9. The molecule has 10 rings (SSSR count). The first-order valence-electron chi connectivity index (χ1n) is 26.2. The molecule has 6 aromatic carbocycles. The van der Waals surface area contributed by atoms with Crippen molar-refractivity contribution in [1.29, 1.82) is 0 Å². The summed E-state index contributed by atoms with van der Waals surface area (Å²) in [5, 5.41) is 43.6. The number of aliphatic carboxylic acids is 2. The first-order valence-corrected chi connectivity index (χ1v) is 27.7. The molecule has 2 aliphatic rings. The molecule has 444 valence electrons. The van der Waals surface area contributed by atoms with Crippen LogP contribution in [0.15, 0.2) is 156 Å². The number of carbonyl (C=O) groups excluding carboxylic acids is 2. The number of carbonyl (C=O) groups is 4. The van der Waals surface area contributed by atoms with Crippen LogP contribution in [-0.4, -0.2) is 88.0 Å². The van der Waals surface area contributed by atoms with Crippen LogP contribution in [0.5, 0.6) is 0 Å². The molecule has 0 aliphatic carbocycles. The Morgan fingerprint density at radius 3 is 1.62 bits per heavy atom. The van der Waals surface area contributed by atoms with Gasteiger partial charge in [0.05, 0.1) is 45.9 Å². The van der Waals surface area contributed by atoms with Crippen LogP contribution in [-0.2, 0) is 19.2 Å². The highest BCUT2D eigenvalue weighted by atomic mass is 35.5. The zero-order valence-electron chi connectivity index (χ0n) is 47.8. The highest BCUT2D eigenvalue weighted by Gasteiger charge is 2.34. The number of nitrogens with two attached hydrogens (primary N) is 1. The highest BCUT2D eigenvalue weighted by Crippen LogP contribution is 2.43. The van der Waals surface area contributed by atoms with Crippen LogP contribution in [0, 0.1) is 25.7 Å². The van der Waals surface area contributed by atoms with Crippen molar-refractivity contribution < 1.29 is 29.4 Å². The van der Waals surface area contributed by atoms with Gasteiger partial charge >= 0.3 is 11.9 Å². The molecule has 0 spiro atoms. The van der Waals surface area contributed by atoms with Crippen molar-refractivity contribution in [2.24, 2.45) is 16.0 Å². The molecule has 4 heterocycles. The van der Waals surface area contributed by atoms with Gasteiger partial charge in [0.15, 0.2) is 0 Å². The smallest absolute Gasteiger partial charge is 0.320 e. The van der Waals surface area contributed by atoms with Gasteiger partial charge in [0.1, 0.15) is 24.2 Å². The Labute approximate surface area is 516 Å². The number of hydrogen-bond acceptors (Lipinski definition) is 13. The van der Waals surface area contributed by atoms with Gasteiger partial charge in [-0.25, -0.2) is 9.36 Å². The third kappa shape index (κ3) is 18.3. The van der Waals surface area contributed by atoms with Gasteiger partial charge in [-0.2, -0.15) is 0 Å². The average molecular weight is 1240 g/mol. The van der Waals surface area contributed by atoms with E-state index in [9.17, 15) is 19.2 Å². The number of benzene rings is 6. The van der Waals surface area contributed by atoms with E-state index in [0.717, 1.165) is 84.5 Å². The zero-order valence-corrected chi connectivity index (χ0v) is 50.9. The summed E-state index contributed by atoms with van der Waals surface area (Å²) in [7, 11) is 0. The molecule has 22 nitrogen and oxygen atoms in total. The Morgan fingerprint density at radius 1 is 0.674 bits per heavy atom. The lowest BCUT2D eigenvalue weighted by atomic mass is 10.1. The molecular weight excluding hydrogens is 1180 g/mol. The highest BCUT2D eigenvalue weighted by molar-refractivity contribution is 6.64. The molecule has 86 heavy (non-hydrogen) atoms. The normalized spacial score (nSPS) is 14.0. The Hall–Kier alpha value is -9.42. The van der Waals surface area contributed by atoms with Gasteiger partial charge in [-0.15, -0.1) is 16.1 Å². The maximum absolute atomic E-state index is 13.2. The van der Waals surface area contributed by atoms with Crippen molar-refractivity contribution in [2.75, 3.05) is 21.7 Å². The van der Waals surface area contributed by atoms with Gasteiger partial charge in [0.25, 0.3) is 5.91 Å². The fraction of sp³-hybridized carbons (Fsp3) is 0.233. The molecule has 0 fully saturated rings. The Morgan fingerprint density at radius 2 is 1.13 bits per heavy atom. The van der Waals surface area contributed by atoms with E-state index in [1.165, 1.54) is 26.5 Å². The number of halogens is 4. The summed E-state index contributed by atoms with van der Waals surface area (Å²) in [6.07, 6.45) is 0. The van der Waals surface area contributed by atoms with Crippen LogP contribution in [0.3, 0.4) is 0 Å². The number of carboxylic acid groups (broad SMARTS) is 2. The van der Waals surface area contributed by atoms with Gasteiger partial charge in [-0.05, 0) is 175 Å². The number of nitrogens with one attached hydrogen (secondary N) is 1. The van der Waals surface area contributed by atoms with Gasteiger partial charge in [-0.3, -0.25) is 24.1 Å². The van der Waals surface area contributed by atoms with E-state index in [1.54, 1.807) is 21.7 Å². The Kier molecular flexibility index (Phi) is 25.5. The molecule has 0 radical (unpaired) electrons. The topological polar surface area (TPSA) is 312 Å². The van der Waals surface area contributed by atoms with Crippen molar-refractivity contribution in [1.82, 2.24) is 30.0 Å². The van der Waals surface area contributed by atoms with Crippen molar-refractivity contribution in [2.45, 2.75) is 85.6 Å². The first-order chi connectivity index (χ1) is 41.0. The number of carboxylic acids is 2. The zero-order chi connectivity index (χ0) is 63.2. The monoisotopic (exact) mass is 1240 g/mol. The second-order valence-corrected chi connectivity index (χ2v) is 20.5. The molecular formula is C60H60Cl4N16O6. The SMILES string of the molecule is CC#Cc1ccccc1Nc1ccc(Cl)cc1.C[C@@H](N)C(=O)O.C[C@@H](N=[N+]=[N-])C(=O)Cl.C[C@@H](N=[N+]=[N-])C(=O)O.Cc1nnn2c1-c1ccccc1N(c1ccc(Cl)cc1)C(=O)[C@H]2C.Cc1nnn2c1-c1ccccc1N(c1ccc(Cl)cc1)C[C@H]2C. The molecule has 1 amide bonds. The maximum Gasteiger partial charge on any atom is 0.320 e. The fourth-order valence-electron chi connectivity index (χ4n) is 8.09. The molecule has 0 unspecified atom stereocenters. The average Bonchev–Trinajstić information content (AvgIpc) is 1.66. The predicted octanol–water partition coefficient (Wildman–Crippen LogP) is 14.9. The number of amides is 1. The summed E-state index contributed by atoms with van der Waals surface area (Å²) in [4.78, 5) is 51.3. The lowest BCUT2D eigenvalue weighted by molar-refractivity contribution is -0.139. The number of hydrogen-bond donors (Lipinski definition) is 4. The number of nitrogens with zero attached hydrogens (tertiary/aromatic N) is 14. The number of aromatic nitrogens is 6. The van der Waals surface area contributed by atoms with Crippen molar-refractivity contribution >= 4 is 104 Å². The lowest BCUT2D eigenvalue weighted by Crippen LogP contribution is -2.31. The van der Waals surface area contributed by atoms with Crippen LogP contribution in [0.4, 0.5) is 34.1 Å². The standard InChI is InChI=1S/C18H15ClN4O.C18H17ClN4.C15H12ClN.C3H4ClN3O.C3H5N3O2.C3H7NO2/c1-11-17-15-5-3-4-6-16(15)22(14-9-7-13(19)8-10-14)18(24)12(2)23(17)21-20-11;1-12-11-22(15-9-7-14(19)8-10-15)17-6-4-3-5-16(17)18-13(2)20-21-23(12)18;1-2-5-12-6-3-4-7-15(12)17-14-10-8-13(16)9-11-14;1-2(3(4)8)6-7-5;1-2(3(7)8)5-6-4;1-2(4)3(5)6/h3-10,12H,1-2H3;3-10,12H,11H2,1-2H3;3-4,6-11,17H,1H3;2H,1H3;2H,1H3,(H,7,8);2H,4H2,1H3,(H,5,6)/t2*12-;;3*2-/m11.111/s1. The van der Waals surface area contributed by atoms with E-state index < -0.39 is 41.3 Å². The summed E-state index contributed by atoms with van der Waals surface area (Å²) in [5.74, 6) is 3.84. The van der Waals surface area contributed by atoms with Crippen LogP contribution >= 0.6 is 46.4 Å². The number of azide groups is 2. The minimum Gasteiger partial charge on any atom is -0.481 e. The second-order valence-electron chi connectivity index (χ2n) is 18.8. The van der Waals surface area contributed by atoms with E-state index in [-0.39, 0.29) is 11.9 Å². The van der Waals surface area contributed by atoms with E-state index >= 15 is 0 Å². The molecule has 5 atom stereocenters. The third-order valence-corrected chi connectivity index (χ3v) is 13.5. The lowest BCUT2D eigenvalue weighted by Gasteiger charge is -2.26. The number of aryl methyl sites for hydroxylation is 2. The third-order valence-electron chi connectivity index (χ3n) is 12.4. The Bertz CT molecular complexity index is 3760. The summed E-state index contributed by atoms with van der Waals surface area (Å²) in [6.45, 7) is 14.7. The van der Waals surface area contributed by atoms with Crippen LogP contribution < -0.4 is 20.9 Å². The summed E-state index contributed by atoms with van der Waals surface area (Å²) in [5.41, 5.74) is 33.0. The summed E-state index contributed by atoms with van der Waals surface area (Å²) in [6, 6.07) is 44.4. The first kappa shape index (κ1) is 67.4. The summed E-state index contributed by atoms with van der Waals surface area (Å²) < 4.78 is 3.73. The molecule has 8 aromatic rings. The van der Waals surface area contributed by atoms with Crippen LogP contribution in [0.1, 0.15) is 70.6 Å². The van der Waals surface area contributed by atoms with Crippen molar-refractivity contribution in [3.05, 3.63) is 198 Å². The van der Waals surface area contributed by atoms with E-state index in [0.29, 0.717) is 5.02 Å². The van der Waals surface area contributed by atoms with Gasteiger partial charge in [0, 0.05) is 65.2 Å². The predicted molar refractivity (Wildman–Crippen MR) is 338 cm³/mol. The van der Waals surface area contributed by atoms with Gasteiger partial charge in [-0.1, -0.05) is 110 Å². The quantitative estimate of drug-likeness (QED) is 0.0344. The second kappa shape index (κ2) is 32.6. The van der Waals surface area contributed by atoms with Crippen molar-refractivity contribution in [3.8, 4) is 34.4 Å². The summed E-state index contributed by atoms with van der Waals surface area (Å²) >= 11 is 22.8. The maximum atomic E-state index is 13.2. The number of anilines is 6. The largest absolute Gasteiger partial charge is 0.481 e. The molecule has 0 bridgehead atoms. The molecule has 2 aromatic heterocycles. The van der Waals surface area contributed by atoms with Crippen LogP contribution in [0.2, 0.25) is 15.1 Å². The fourth-order valence-corrected chi connectivity index (χ4v) is 8.51. The number of para-hydroxylation sites is 3. The molecule has 2 aliphatic heterocycles. The van der Waals surface area contributed by atoms with Crippen LogP contribution in [0.25, 0.3) is 43.4 Å². The van der Waals surface area contributed by atoms with Gasteiger partial charge < -0.3 is 26.2 Å². The minimum absolute atomic E-state index is 0.0616. The number of fused-ring (bicyclic) bond motifs is 6. The molecule has 5 N–H and O–H groups in total. The Balaban J connectivity index is 0.000000203. The molecule has 0 saturated heterocycles. The van der Waals surface area contributed by atoms with E-state index in [1.807, 2.05) is 129 Å². The van der Waals surface area contributed by atoms with E-state index in [4.69, 9.17) is 73.4 Å². The molecule has 26 heteroatoms. The van der Waals surface area contributed by atoms with E-state index in [2.05, 4.69) is 106 Å². The minimum atomic E-state index is -1.11. The molecule has 0 saturated carbocycles.